The Labute approximate surface area is 170 Å². The Morgan fingerprint density at radius 1 is 1.04 bits per heavy atom. The van der Waals surface area contributed by atoms with Gasteiger partial charge < -0.3 is 15.3 Å². The summed E-state index contributed by atoms with van der Waals surface area (Å²) in [6, 6.07) is 0. The zero-order valence-electron chi connectivity index (χ0n) is 17.9. The monoisotopic (exact) mass is 392 g/mol. The third-order valence-electron chi connectivity index (χ3n) is 10.3. The predicted octanol–water partition coefficient (Wildman–Crippen LogP) is 4.48. The van der Waals surface area contributed by atoms with Gasteiger partial charge in [-0.25, -0.2) is 0 Å². The topological polar surface area (TPSA) is 77.8 Å². The van der Waals surface area contributed by atoms with Crippen molar-refractivity contribution in [1.82, 2.24) is 0 Å². The Balaban J connectivity index is 1.56. The molecule has 4 aliphatic carbocycles. The van der Waals surface area contributed by atoms with E-state index in [1.54, 1.807) is 0 Å². The van der Waals surface area contributed by atoms with E-state index < -0.39 is 5.97 Å². The van der Waals surface area contributed by atoms with Crippen molar-refractivity contribution in [3.63, 3.8) is 0 Å². The van der Waals surface area contributed by atoms with Crippen molar-refractivity contribution in [2.45, 2.75) is 97.2 Å². The fourth-order valence-corrected chi connectivity index (χ4v) is 8.71. The van der Waals surface area contributed by atoms with Crippen LogP contribution < -0.4 is 0 Å². The number of fused-ring (bicyclic) bond motifs is 5. The van der Waals surface area contributed by atoms with Crippen molar-refractivity contribution < 1.29 is 20.1 Å². The number of aliphatic hydroxyl groups excluding tert-OH is 2. The smallest absolute Gasteiger partial charge is 0.303 e. The second-order valence-corrected chi connectivity index (χ2v) is 11.3. The van der Waals surface area contributed by atoms with Gasteiger partial charge in [0.25, 0.3) is 0 Å². The molecule has 4 rings (SSSR count). The zero-order valence-corrected chi connectivity index (χ0v) is 17.9. The summed E-state index contributed by atoms with van der Waals surface area (Å²) >= 11 is 0. The van der Waals surface area contributed by atoms with Crippen LogP contribution in [0.15, 0.2) is 0 Å². The van der Waals surface area contributed by atoms with Gasteiger partial charge in [0.05, 0.1) is 12.2 Å². The lowest BCUT2D eigenvalue weighted by Crippen LogP contribution is -2.58. The van der Waals surface area contributed by atoms with Gasteiger partial charge in [-0.1, -0.05) is 20.8 Å². The SMILES string of the molecule is C[C@@H](CCC(=O)O)[C@H]1CC[C@@H]2[C@H]3CC[C@@H]4C[C@H](O)CC[C@]4(C)[C@@H]3C[C@H](O)[C@@]21C. The van der Waals surface area contributed by atoms with E-state index in [2.05, 4.69) is 20.8 Å². The molecule has 4 fully saturated rings. The summed E-state index contributed by atoms with van der Waals surface area (Å²) in [5, 5.41) is 30.8. The average Bonchev–Trinajstić information content (AvgIpc) is 3.00. The Morgan fingerprint density at radius 3 is 2.50 bits per heavy atom. The van der Waals surface area contributed by atoms with Gasteiger partial charge in [0.1, 0.15) is 0 Å². The molecule has 0 radical (unpaired) electrons. The van der Waals surface area contributed by atoms with Crippen molar-refractivity contribution in [2.24, 2.45) is 46.3 Å². The highest BCUT2D eigenvalue weighted by atomic mass is 16.4. The standard InChI is InChI=1S/C24H40O4/c1-14(4-9-22(27)28)18-7-8-19-17-6-5-15-12-16(25)10-11-23(15,2)20(17)13-21(26)24(18,19)3/h14-21,25-26H,4-13H2,1-3H3,(H,27,28)/t14-,15+,16+,17+,18+,19+,20+,21-,23-,24+/m0/s1. The molecule has 0 aromatic carbocycles. The molecule has 0 aliphatic heterocycles. The summed E-state index contributed by atoms with van der Waals surface area (Å²) in [5.41, 5.74) is 0.216. The van der Waals surface area contributed by atoms with Gasteiger partial charge in [-0.15, -0.1) is 0 Å². The van der Waals surface area contributed by atoms with E-state index >= 15 is 0 Å². The quantitative estimate of drug-likeness (QED) is 0.659. The number of carboxylic acid groups (broad SMARTS) is 1. The van der Waals surface area contributed by atoms with E-state index in [1.165, 1.54) is 19.3 Å². The van der Waals surface area contributed by atoms with E-state index in [-0.39, 0.29) is 29.5 Å². The maximum atomic E-state index is 11.5. The van der Waals surface area contributed by atoms with E-state index in [0.717, 1.165) is 38.5 Å². The molecule has 28 heavy (non-hydrogen) atoms. The van der Waals surface area contributed by atoms with E-state index in [1.807, 2.05) is 0 Å². The molecular formula is C24H40O4. The molecule has 160 valence electrons. The van der Waals surface area contributed by atoms with Crippen LogP contribution in [0.2, 0.25) is 0 Å². The molecule has 4 saturated carbocycles. The Bertz CT molecular complexity index is 605. The highest BCUT2D eigenvalue weighted by Gasteiger charge is 2.63. The summed E-state index contributed by atoms with van der Waals surface area (Å²) in [5.74, 6) is 2.55. The lowest BCUT2D eigenvalue weighted by atomic mass is 9.43. The van der Waals surface area contributed by atoms with Gasteiger partial charge in [0, 0.05) is 6.42 Å². The first-order valence-corrected chi connectivity index (χ1v) is 11.8. The van der Waals surface area contributed by atoms with Crippen molar-refractivity contribution in [2.75, 3.05) is 0 Å². The third kappa shape index (κ3) is 3.05. The van der Waals surface area contributed by atoms with Gasteiger partial charge in [-0.2, -0.15) is 0 Å². The first-order chi connectivity index (χ1) is 13.2. The number of aliphatic hydroxyl groups is 2. The third-order valence-corrected chi connectivity index (χ3v) is 10.3. The maximum absolute atomic E-state index is 11.5. The maximum Gasteiger partial charge on any atom is 0.303 e. The van der Waals surface area contributed by atoms with Crippen LogP contribution in [0.1, 0.15) is 85.0 Å². The molecule has 4 nitrogen and oxygen atoms in total. The van der Waals surface area contributed by atoms with Crippen molar-refractivity contribution in [3.8, 4) is 0 Å². The molecule has 0 spiro atoms. The van der Waals surface area contributed by atoms with Gasteiger partial charge >= 0.3 is 5.97 Å². The molecule has 0 unspecified atom stereocenters. The van der Waals surface area contributed by atoms with Crippen LogP contribution in [0.5, 0.6) is 0 Å². The van der Waals surface area contributed by atoms with Crippen molar-refractivity contribution in [3.05, 3.63) is 0 Å². The number of rotatable bonds is 4. The van der Waals surface area contributed by atoms with Crippen LogP contribution in [0, 0.1) is 46.3 Å². The summed E-state index contributed by atoms with van der Waals surface area (Å²) in [6.45, 7) is 6.99. The van der Waals surface area contributed by atoms with Crippen LogP contribution in [0.25, 0.3) is 0 Å². The molecule has 10 atom stereocenters. The number of aliphatic carboxylic acids is 1. The normalized spacial score (nSPS) is 51.7. The second-order valence-electron chi connectivity index (χ2n) is 11.3. The minimum Gasteiger partial charge on any atom is -0.481 e. The van der Waals surface area contributed by atoms with Crippen LogP contribution in [0.4, 0.5) is 0 Å². The highest BCUT2D eigenvalue weighted by molar-refractivity contribution is 5.66. The number of carboxylic acids is 1. The molecule has 0 bridgehead atoms. The van der Waals surface area contributed by atoms with E-state index in [0.29, 0.717) is 35.5 Å². The molecule has 0 saturated heterocycles. The first-order valence-electron chi connectivity index (χ1n) is 11.8. The number of hydrogen-bond acceptors (Lipinski definition) is 3. The zero-order chi connectivity index (χ0) is 20.3. The molecular weight excluding hydrogens is 352 g/mol. The average molecular weight is 393 g/mol. The minimum atomic E-state index is -0.707. The molecule has 0 aromatic heterocycles. The van der Waals surface area contributed by atoms with Crippen molar-refractivity contribution >= 4 is 5.97 Å². The van der Waals surface area contributed by atoms with Crippen LogP contribution in [0.3, 0.4) is 0 Å². The molecule has 4 heteroatoms. The Morgan fingerprint density at radius 2 is 1.79 bits per heavy atom. The van der Waals surface area contributed by atoms with Gasteiger partial charge in [0.2, 0.25) is 0 Å². The first kappa shape index (κ1) is 20.7. The largest absolute Gasteiger partial charge is 0.481 e. The van der Waals surface area contributed by atoms with Crippen LogP contribution >= 0.6 is 0 Å². The van der Waals surface area contributed by atoms with Crippen LogP contribution in [-0.4, -0.2) is 33.5 Å². The molecule has 4 aliphatic rings. The molecule has 0 amide bonds. The number of carbonyl (C=O) groups is 1. The summed E-state index contributed by atoms with van der Waals surface area (Å²) in [6.07, 6.45) is 9.26. The van der Waals surface area contributed by atoms with Gasteiger partial charge in [0.15, 0.2) is 0 Å². The number of hydrogen-bond donors (Lipinski definition) is 3. The summed E-state index contributed by atoms with van der Waals surface area (Å²) < 4.78 is 0. The van der Waals surface area contributed by atoms with E-state index in [4.69, 9.17) is 5.11 Å². The second kappa shape index (κ2) is 7.27. The highest BCUT2D eigenvalue weighted by Crippen LogP contribution is 2.68. The Hall–Kier alpha value is -0.610. The molecule has 0 aromatic rings. The Kier molecular flexibility index (Phi) is 5.36. The fraction of sp³-hybridized carbons (Fsp3) is 0.958. The molecule has 3 N–H and O–H groups in total. The summed E-state index contributed by atoms with van der Waals surface area (Å²) in [7, 11) is 0. The van der Waals surface area contributed by atoms with Crippen molar-refractivity contribution in [1.29, 1.82) is 0 Å². The lowest BCUT2D eigenvalue weighted by Gasteiger charge is -2.62. The summed E-state index contributed by atoms with van der Waals surface area (Å²) in [4.78, 5) is 11.1. The minimum absolute atomic E-state index is 0.0591. The predicted molar refractivity (Wildman–Crippen MR) is 109 cm³/mol. The fourth-order valence-electron chi connectivity index (χ4n) is 8.71. The van der Waals surface area contributed by atoms with Crippen LogP contribution in [-0.2, 0) is 4.79 Å². The van der Waals surface area contributed by atoms with Gasteiger partial charge in [-0.3, -0.25) is 4.79 Å². The molecule has 0 heterocycles. The van der Waals surface area contributed by atoms with E-state index in [9.17, 15) is 15.0 Å². The lowest BCUT2D eigenvalue weighted by molar-refractivity contribution is -0.175. The van der Waals surface area contributed by atoms with Gasteiger partial charge in [-0.05, 0) is 104 Å².